The van der Waals surface area contributed by atoms with Gasteiger partial charge in [0.15, 0.2) is 24.8 Å². The van der Waals surface area contributed by atoms with E-state index in [9.17, 15) is 61.5 Å². The number of nitrogens with one attached hydrogen (secondary N) is 3. The smallest absolute Gasteiger partial charge is 0.316 e. The molecule has 34 heteroatoms. The van der Waals surface area contributed by atoms with E-state index < -0.39 is 86.4 Å². The van der Waals surface area contributed by atoms with Gasteiger partial charge in [0.05, 0.1) is 11.5 Å². The van der Waals surface area contributed by atoms with Gasteiger partial charge in [-0.25, -0.2) is 43.7 Å². The summed E-state index contributed by atoms with van der Waals surface area (Å²) in [7, 11) is -20.8. The summed E-state index contributed by atoms with van der Waals surface area (Å²) in [5.41, 5.74) is 44.9. The Bertz CT molecular complexity index is 3550. The first-order valence-electron chi connectivity index (χ1n) is 21.7. The fourth-order valence-electron chi connectivity index (χ4n) is 7.14. The fraction of sp³-hybridized carbons (Fsp3) is 0.182. The molecule has 2 aliphatic heterocycles. The lowest BCUT2D eigenvalue weighted by Crippen LogP contribution is -2.84. The molecule has 0 radical (unpaired) electrons. The number of hydrogen-bond acceptors (Lipinski definition) is 18. The number of nitrogens with zero attached hydrogens (tertiary/aromatic N) is 4. The van der Waals surface area contributed by atoms with Crippen molar-refractivity contribution in [1.82, 2.24) is 5.32 Å². The molecular formula is C44H47N15O15S4. The molecule has 4 atom stereocenters. The molecule has 2 amide bonds. The highest BCUT2D eigenvalue weighted by Crippen LogP contribution is 2.30. The zero-order chi connectivity index (χ0) is 57.9. The highest BCUT2D eigenvalue weighted by Gasteiger charge is 2.37. The molecule has 6 rings (SSSR count). The van der Waals surface area contributed by atoms with Gasteiger partial charge in [-0.1, -0.05) is 35.8 Å². The fourth-order valence-corrected chi connectivity index (χ4v) is 11.6. The topological polar surface area (TPSA) is 553 Å². The van der Waals surface area contributed by atoms with E-state index in [1.54, 1.807) is 88.5 Å². The molecule has 4 aromatic rings. The van der Waals surface area contributed by atoms with Crippen LogP contribution in [0.15, 0.2) is 119 Å². The van der Waals surface area contributed by atoms with Crippen molar-refractivity contribution in [3.63, 3.8) is 0 Å². The van der Waals surface area contributed by atoms with Crippen molar-refractivity contribution in [2.45, 2.75) is 47.2 Å². The highest BCUT2D eigenvalue weighted by molar-refractivity contribution is 7.90. The molecule has 2 aliphatic rings. The lowest BCUT2D eigenvalue weighted by molar-refractivity contribution is -0.684. The third-order valence-electron chi connectivity index (χ3n) is 10.4. The predicted octanol–water partition coefficient (Wildman–Crippen LogP) is -8.69. The number of ether oxygens (including phenoxy) is 1. The zero-order valence-electron chi connectivity index (χ0n) is 40.0. The molecule has 412 valence electrons. The number of allylic oxidation sites excluding steroid dienone is 2. The number of carbonyl (C=O) groups excluding carboxylic acids is 2. The zero-order valence-corrected chi connectivity index (χ0v) is 43.3. The number of rotatable bonds is 12. The molecule has 0 saturated heterocycles. The minimum absolute atomic E-state index is 0.0286. The molecule has 4 heterocycles. The van der Waals surface area contributed by atoms with Crippen LogP contribution in [0.4, 0.5) is 11.4 Å². The Balaban J connectivity index is 0.000000287. The summed E-state index contributed by atoms with van der Waals surface area (Å²) in [6.45, 7) is -0.0641. The molecule has 0 spiro atoms. The summed E-state index contributed by atoms with van der Waals surface area (Å²) in [5, 5.41) is -4.22. The van der Waals surface area contributed by atoms with Crippen molar-refractivity contribution in [2.75, 3.05) is 0 Å². The van der Waals surface area contributed by atoms with Crippen molar-refractivity contribution in [3.8, 4) is 45.9 Å². The van der Waals surface area contributed by atoms with E-state index in [1.165, 1.54) is 6.07 Å². The number of pyridine rings is 2. The molecule has 2 aromatic carbocycles. The van der Waals surface area contributed by atoms with Crippen LogP contribution < -0.4 is 70.3 Å². The third kappa shape index (κ3) is 17.5. The number of aliphatic imine (C=N–C) groups is 2. The predicted molar refractivity (Wildman–Crippen MR) is 271 cm³/mol. The number of aromatic nitrogens is 2. The van der Waals surface area contributed by atoms with E-state index in [0.717, 1.165) is 12.5 Å². The van der Waals surface area contributed by atoms with E-state index in [-0.39, 0.29) is 48.1 Å². The van der Waals surface area contributed by atoms with Crippen LogP contribution in [0.2, 0.25) is 0 Å². The third-order valence-corrected chi connectivity index (χ3v) is 15.2. The minimum atomic E-state index is -5.26. The summed E-state index contributed by atoms with van der Waals surface area (Å²) < 4.78 is 146. The van der Waals surface area contributed by atoms with Crippen molar-refractivity contribution < 1.29 is 85.3 Å². The SMILES string of the molecule is NC(=O)C[n+]1ccc(-c2ccc(N=C(N)[NH+]=C(N)N)cc2C#CC2=CN[C@H](S(=O)(=O)[O-])[C@H](S(=O)(=O)[O-])C2)cc1.NC(=O)C[n+]1ccc(-c2ccc(N=C(N)[NH+]=C(N)N)cc2C#CC2=CO[C@H](S(=O)(=O)[O-])[C@H](S(=O)(=O)[O-])C2)cc1. The molecule has 0 fully saturated rings. The number of nitrogens with two attached hydrogens (primary N) is 8. The molecule has 0 aliphatic carbocycles. The number of primary amides is 2. The van der Waals surface area contributed by atoms with Crippen LogP contribution in [0.5, 0.6) is 0 Å². The average Bonchev–Trinajstić information content (AvgIpc) is 3.33. The van der Waals surface area contributed by atoms with Gasteiger partial charge in [-0.2, -0.15) is 9.13 Å². The van der Waals surface area contributed by atoms with E-state index >= 15 is 0 Å². The molecule has 78 heavy (non-hydrogen) atoms. The van der Waals surface area contributed by atoms with Crippen molar-refractivity contribution in [2.24, 2.45) is 55.9 Å². The van der Waals surface area contributed by atoms with Crippen LogP contribution in [0, 0.1) is 23.7 Å². The van der Waals surface area contributed by atoms with Crippen LogP contribution in [-0.2, 0) is 67.9 Å². The Labute approximate surface area is 445 Å². The maximum Gasteiger partial charge on any atom is 0.316 e. The summed E-state index contributed by atoms with van der Waals surface area (Å²) in [6, 6.07) is 16.5. The van der Waals surface area contributed by atoms with E-state index in [2.05, 4.69) is 49.0 Å². The summed E-state index contributed by atoms with van der Waals surface area (Å²) in [4.78, 5) is 35.5. The Kier molecular flexibility index (Phi) is 19.0. The molecule has 0 saturated carbocycles. The van der Waals surface area contributed by atoms with Crippen LogP contribution in [0.25, 0.3) is 22.3 Å². The van der Waals surface area contributed by atoms with E-state index in [0.29, 0.717) is 44.8 Å². The lowest BCUT2D eigenvalue weighted by Gasteiger charge is -2.34. The van der Waals surface area contributed by atoms with Gasteiger partial charge in [0, 0.05) is 65.6 Å². The molecule has 19 N–H and O–H groups in total. The quantitative estimate of drug-likeness (QED) is 0.0206. The average molecular weight is 1150 g/mol. The van der Waals surface area contributed by atoms with Crippen LogP contribution in [-0.4, -0.2) is 109 Å². The Morgan fingerprint density at radius 2 is 0.987 bits per heavy atom. The van der Waals surface area contributed by atoms with Gasteiger partial charge in [0.2, 0.25) is 18.5 Å². The number of hydrogen-bond donors (Lipinski definition) is 11. The normalized spacial score (nSPS) is 17.7. The Hall–Kier alpha value is -9.00. The van der Waals surface area contributed by atoms with Gasteiger partial charge in [-0.15, -0.1) is 9.98 Å². The first kappa shape index (κ1) is 59.9. The maximum atomic E-state index is 11.7. The number of carbonyl (C=O) groups is 2. The standard InChI is InChI=1S/C22H24N8O7S2.C22H23N7O8S2/c23-19(31)12-30-7-5-14(6-8-30)17-4-3-16(28-22(26)29-21(24)25)10-15(17)2-1-13-9-18(38(32,33)34)20(27-11-13)39(35,36)37;23-19(30)11-29-7-5-14(6-8-29)17-4-3-16(27-22(26)28-21(24)25)10-15(17)2-1-13-9-18(38(31,32)33)20(37-12-13)39(34,35)36/h3-8,10-11,18,20H,9,12H2,(H10,23,24,25,26,27,28,29,31,32,33,34,35,36,37);3-8,10,12,18,20H,9,11H2,(H9,23,24,25,26,28,30,31,32,33,34,35,36)/t2*18-,20-/m11/s1. The van der Waals surface area contributed by atoms with Crippen LogP contribution in [0.3, 0.4) is 0 Å². The minimum Gasteiger partial charge on any atom is -0.748 e. The van der Waals surface area contributed by atoms with Crippen molar-refractivity contribution in [3.05, 3.63) is 120 Å². The van der Waals surface area contributed by atoms with Gasteiger partial charge >= 0.3 is 11.9 Å². The van der Waals surface area contributed by atoms with Crippen LogP contribution >= 0.6 is 0 Å². The molecule has 0 unspecified atom stereocenters. The summed E-state index contributed by atoms with van der Waals surface area (Å²) >= 11 is 0. The maximum absolute atomic E-state index is 11.7. The van der Waals surface area contributed by atoms with Gasteiger partial charge in [0.1, 0.15) is 62.5 Å². The van der Waals surface area contributed by atoms with E-state index in [4.69, 9.17) is 50.6 Å². The Morgan fingerprint density at radius 1 is 0.577 bits per heavy atom. The first-order valence-corrected chi connectivity index (χ1v) is 27.6. The van der Waals surface area contributed by atoms with Gasteiger partial charge in [-0.05, 0) is 46.5 Å². The first-order chi connectivity index (χ1) is 36.3. The lowest BCUT2D eigenvalue weighted by atomic mass is 9.99. The Morgan fingerprint density at radius 3 is 1.36 bits per heavy atom. The summed E-state index contributed by atoms with van der Waals surface area (Å²) in [5.74, 6) is 9.39. The largest absolute Gasteiger partial charge is 0.748 e. The second kappa shape index (κ2) is 24.8. The molecule has 0 bridgehead atoms. The van der Waals surface area contributed by atoms with Gasteiger partial charge in [-0.3, -0.25) is 9.59 Å². The van der Waals surface area contributed by atoms with Crippen molar-refractivity contribution in [1.29, 1.82) is 0 Å². The van der Waals surface area contributed by atoms with Gasteiger partial charge < -0.3 is 74.1 Å². The molecule has 2 aromatic heterocycles. The summed E-state index contributed by atoms with van der Waals surface area (Å²) in [6.07, 6.45) is 7.16. The molecule has 30 nitrogen and oxygen atoms in total. The monoisotopic (exact) mass is 1150 g/mol. The second-order valence-electron chi connectivity index (χ2n) is 16.4. The van der Waals surface area contributed by atoms with Crippen LogP contribution in [0.1, 0.15) is 24.0 Å². The number of amides is 2. The van der Waals surface area contributed by atoms with E-state index in [1.807, 2.05) is 0 Å². The number of benzene rings is 2. The second-order valence-corrected chi connectivity index (χ2v) is 22.6. The number of guanidine groups is 4. The van der Waals surface area contributed by atoms with Gasteiger partial charge in [0.25, 0.3) is 23.7 Å². The van der Waals surface area contributed by atoms with Crippen molar-refractivity contribution >= 4 is 87.5 Å². The molecular weight excluding hydrogens is 1110 g/mol. The highest BCUT2D eigenvalue weighted by atomic mass is 32.2.